The Morgan fingerprint density at radius 2 is 2.37 bits per heavy atom. The summed E-state index contributed by atoms with van der Waals surface area (Å²) in [5, 5.41) is 16.2. The highest BCUT2D eigenvalue weighted by Gasteiger charge is 2.21. The van der Waals surface area contributed by atoms with Gasteiger partial charge in [0, 0.05) is 6.54 Å². The van der Waals surface area contributed by atoms with Crippen molar-refractivity contribution in [3.8, 4) is 0 Å². The Balaban J connectivity index is 2.01. The molecule has 0 aromatic carbocycles. The summed E-state index contributed by atoms with van der Waals surface area (Å²) < 4.78 is 1.74. The molecule has 2 atom stereocenters. The van der Waals surface area contributed by atoms with Gasteiger partial charge in [-0.05, 0) is 40.6 Å². The molecule has 106 valence electrons. The van der Waals surface area contributed by atoms with Gasteiger partial charge in [-0.25, -0.2) is 4.68 Å². The number of hydrogen-bond acceptors (Lipinski definition) is 4. The summed E-state index contributed by atoms with van der Waals surface area (Å²) in [5.74, 6) is 1.49. The Morgan fingerprint density at radius 3 is 3.00 bits per heavy atom. The van der Waals surface area contributed by atoms with Crippen LogP contribution in [0.15, 0.2) is 15.5 Å². The van der Waals surface area contributed by atoms with E-state index in [-0.39, 0.29) is 18.7 Å². The molecule has 1 aliphatic carbocycles. The average Bonchev–Trinajstić information content (AvgIpc) is 2.80. The lowest BCUT2D eigenvalue weighted by atomic mass is 10.1. The first-order chi connectivity index (χ1) is 9.11. The maximum Gasteiger partial charge on any atom is 0.283 e. The van der Waals surface area contributed by atoms with Crippen molar-refractivity contribution in [3.05, 3.63) is 21.0 Å². The average molecular weight is 330 g/mol. The summed E-state index contributed by atoms with van der Waals surface area (Å²) in [7, 11) is 0. The van der Waals surface area contributed by atoms with E-state index in [4.69, 9.17) is 5.11 Å². The number of nitrogens with one attached hydrogen (secondary N) is 1. The molecule has 2 rings (SSSR count). The SMILES string of the molecule is CC1CCC(CNc2cnn(CCO)c(=O)c2Br)C1. The van der Waals surface area contributed by atoms with Gasteiger partial charge in [0.05, 0.1) is 25.0 Å². The minimum atomic E-state index is -0.209. The van der Waals surface area contributed by atoms with Crippen molar-refractivity contribution in [2.24, 2.45) is 11.8 Å². The molecule has 0 bridgehead atoms. The number of rotatable bonds is 5. The Morgan fingerprint density at radius 1 is 1.58 bits per heavy atom. The number of aliphatic hydroxyl groups excluding tert-OH is 1. The first kappa shape index (κ1) is 14.5. The molecule has 1 aliphatic rings. The van der Waals surface area contributed by atoms with Crippen LogP contribution >= 0.6 is 15.9 Å². The van der Waals surface area contributed by atoms with Gasteiger partial charge >= 0.3 is 0 Å². The second kappa shape index (κ2) is 6.52. The molecular weight excluding hydrogens is 310 g/mol. The molecule has 1 aromatic rings. The van der Waals surface area contributed by atoms with Gasteiger partial charge in [0.15, 0.2) is 0 Å². The Hall–Kier alpha value is -0.880. The van der Waals surface area contributed by atoms with Crippen molar-refractivity contribution >= 4 is 21.6 Å². The molecule has 5 nitrogen and oxygen atoms in total. The highest BCUT2D eigenvalue weighted by Crippen LogP contribution is 2.30. The monoisotopic (exact) mass is 329 g/mol. The van der Waals surface area contributed by atoms with Crippen LogP contribution in [0, 0.1) is 11.8 Å². The van der Waals surface area contributed by atoms with Crippen LogP contribution in [-0.4, -0.2) is 28.0 Å². The lowest BCUT2D eigenvalue weighted by Crippen LogP contribution is -2.26. The Labute approximate surface area is 121 Å². The largest absolute Gasteiger partial charge is 0.394 e. The van der Waals surface area contributed by atoms with E-state index in [1.54, 1.807) is 6.20 Å². The van der Waals surface area contributed by atoms with Crippen LogP contribution in [0.5, 0.6) is 0 Å². The number of nitrogens with zero attached hydrogens (tertiary/aromatic N) is 2. The smallest absolute Gasteiger partial charge is 0.283 e. The first-order valence-electron chi connectivity index (χ1n) is 6.72. The molecule has 0 amide bonds. The fraction of sp³-hybridized carbons (Fsp3) is 0.692. The first-order valence-corrected chi connectivity index (χ1v) is 7.51. The van der Waals surface area contributed by atoms with E-state index in [2.05, 4.69) is 33.3 Å². The van der Waals surface area contributed by atoms with Crippen LogP contribution in [-0.2, 0) is 6.54 Å². The highest BCUT2D eigenvalue weighted by molar-refractivity contribution is 9.10. The van der Waals surface area contributed by atoms with Crippen LogP contribution in [0.2, 0.25) is 0 Å². The molecule has 0 aliphatic heterocycles. The van der Waals surface area contributed by atoms with Gasteiger partial charge in [0.2, 0.25) is 0 Å². The molecule has 0 saturated heterocycles. The van der Waals surface area contributed by atoms with Gasteiger partial charge in [-0.1, -0.05) is 13.3 Å². The normalized spacial score (nSPS) is 22.7. The van der Waals surface area contributed by atoms with E-state index in [1.807, 2.05) is 0 Å². The van der Waals surface area contributed by atoms with Crippen LogP contribution in [0.3, 0.4) is 0 Å². The van der Waals surface area contributed by atoms with Crippen LogP contribution in [0.25, 0.3) is 0 Å². The number of aromatic nitrogens is 2. The maximum atomic E-state index is 11.9. The van der Waals surface area contributed by atoms with Crippen molar-refractivity contribution in [2.45, 2.75) is 32.7 Å². The van der Waals surface area contributed by atoms with Crippen LogP contribution in [0.4, 0.5) is 5.69 Å². The molecule has 2 N–H and O–H groups in total. The van der Waals surface area contributed by atoms with Gasteiger partial charge in [0.25, 0.3) is 5.56 Å². The summed E-state index contributed by atoms with van der Waals surface area (Å²) in [6.45, 7) is 3.30. The molecular formula is C13H20BrN3O2. The molecule has 2 unspecified atom stereocenters. The van der Waals surface area contributed by atoms with Crippen LogP contribution in [0.1, 0.15) is 26.2 Å². The van der Waals surface area contributed by atoms with E-state index >= 15 is 0 Å². The topological polar surface area (TPSA) is 67.2 Å². The standard InChI is InChI=1S/C13H20BrN3O2/c1-9-2-3-10(6-9)7-15-11-8-16-17(4-5-18)13(19)12(11)14/h8-10,15,18H,2-7H2,1H3. The summed E-state index contributed by atoms with van der Waals surface area (Å²) in [6, 6.07) is 0. The van der Waals surface area contributed by atoms with Crippen molar-refractivity contribution < 1.29 is 5.11 Å². The van der Waals surface area contributed by atoms with Crippen molar-refractivity contribution in [3.63, 3.8) is 0 Å². The van der Waals surface area contributed by atoms with E-state index < -0.39 is 0 Å². The molecule has 1 heterocycles. The fourth-order valence-corrected chi connectivity index (χ4v) is 3.05. The number of anilines is 1. The molecule has 19 heavy (non-hydrogen) atoms. The Kier molecular flexibility index (Phi) is 4.99. The molecule has 0 spiro atoms. The minimum Gasteiger partial charge on any atom is -0.394 e. The highest BCUT2D eigenvalue weighted by atomic mass is 79.9. The van der Waals surface area contributed by atoms with Gasteiger partial charge in [-0.15, -0.1) is 0 Å². The van der Waals surface area contributed by atoms with Gasteiger partial charge < -0.3 is 10.4 Å². The van der Waals surface area contributed by atoms with Crippen molar-refractivity contribution in [1.29, 1.82) is 0 Å². The predicted molar refractivity (Wildman–Crippen MR) is 78.3 cm³/mol. The Bertz CT molecular complexity index is 489. The molecule has 1 fully saturated rings. The van der Waals surface area contributed by atoms with E-state index in [1.165, 1.54) is 23.9 Å². The summed E-state index contributed by atoms with van der Waals surface area (Å²) >= 11 is 3.31. The third-order valence-electron chi connectivity index (χ3n) is 3.68. The number of hydrogen-bond donors (Lipinski definition) is 2. The third-order valence-corrected chi connectivity index (χ3v) is 4.45. The summed E-state index contributed by atoms with van der Waals surface area (Å²) in [4.78, 5) is 11.9. The van der Waals surface area contributed by atoms with E-state index in [0.29, 0.717) is 10.4 Å². The second-order valence-corrected chi connectivity index (χ2v) is 6.08. The van der Waals surface area contributed by atoms with Gasteiger partial charge in [-0.3, -0.25) is 4.79 Å². The van der Waals surface area contributed by atoms with E-state index in [0.717, 1.165) is 18.2 Å². The number of aliphatic hydroxyl groups is 1. The van der Waals surface area contributed by atoms with E-state index in [9.17, 15) is 4.79 Å². The minimum absolute atomic E-state index is 0.0912. The zero-order valence-electron chi connectivity index (χ0n) is 11.1. The second-order valence-electron chi connectivity index (χ2n) is 5.29. The zero-order chi connectivity index (χ0) is 13.8. The molecule has 0 radical (unpaired) electrons. The molecule has 1 saturated carbocycles. The van der Waals surface area contributed by atoms with Gasteiger partial charge in [-0.2, -0.15) is 5.10 Å². The van der Waals surface area contributed by atoms with Crippen molar-refractivity contribution in [1.82, 2.24) is 9.78 Å². The molecule has 6 heteroatoms. The van der Waals surface area contributed by atoms with Gasteiger partial charge in [0.1, 0.15) is 4.47 Å². The predicted octanol–water partition coefficient (Wildman–Crippen LogP) is 1.85. The third kappa shape index (κ3) is 3.57. The van der Waals surface area contributed by atoms with Crippen LogP contribution < -0.4 is 10.9 Å². The summed E-state index contributed by atoms with van der Waals surface area (Å²) in [5.41, 5.74) is 0.526. The number of halogens is 1. The fourth-order valence-electron chi connectivity index (χ4n) is 2.61. The quantitative estimate of drug-likeness (QED) is 0.865. The lowest BCUT2D eigenvalue weighted by molar-refractivity contribution is 0.266. The zero-order valence-corrected chi connectivity index (χ0v) is 12.7. The van der Waals surface area contributed by atoms with Crippen molar-refractivity contribution in [2.75, 3.05) is 18.5 Å². The lowest BCUT2D eigenvalue weighted by Gasteiger charge is -2.13. The maximum absolute atomic E-state index is 11.9. The molecule has 1 aromatic heterocycles. The summed E-state index contributed by atoms with van der Waals surface area (Å²) in [6.07, 6.45) is 5.43.